The maximum Gasteiger partial charge on any atom is 0.0511 e. The molecule has 2 aromatic carbocycles. The van der Waals surface area contributed by atoms with Gasteiger partial charge in [0.25, 0.3) is 0 Å². The first-order valence-corrected chi connectivity index (χ1v) is 7.59. The zero-order valence-corrected chi connectivity index (χ0v) is 13.8. The van der Waals surface area contributed by atoms with Crippen LogP contribution in [0.1, 0.15) is 29.7 Å². The lowest BCUT2D eigenvalue weighted by atomic mass is 10.1. The molecule has 0 saturated heterocycles. The van der Waals surface area contributed by atoms with Crippen molar-refractivity contribution in [3.63, 3.8) is 0 Å². The number of aryl methyl sites for hydroxylation is 1. The molecule has 2 rings (SSSR count). The van der Waals surface area contributed by atoms with E-state index in [0.717, 1.165) is 16.6 Å². The van der Waals surface area contributed by atoms with Crippen molar-refractivity contribution in [2.45, 2.75) is 26.4 Å². The van der Waals surface area contributed by atoms with Crippen molar-refractivity contribution in [2.75, 3.05) is 11.9 Å². The second kappa shape index (κ2) is 6.42. The molecule has 0 amide bonds. The Balaban J connectivity index is 2.21. The van der Waals surface area contributed by atoms with Crippen molar-refractivity contribution < 1.29 is 0 Å². The van der Waals surface area contributed by atoms with E-state index in [0.29, 0.717) is 0 Å². The molecule has 0 aliphatic carbocycles. The minimum atomic E-state index is 0.0574. The van der Waals surface area contributed by atoms with Gasteiger partial charge >= 0.3 is 0 Å². The number of nitrogens with zero attached hydrogens (tertiary/aromatic N) is 1. The van der Waals surface area contributed by atoms with E-state index in [-0.39, 0.29) is 6.04 Å². The van der Waals surface area contributed by atoms with Crippen LogP contribution >= 0.6 is 15.9 Å². The summed E-state index contributed by atoms with van der Waals surface area (Å²) in [7, 11) is 2.11. The Labute approximate surface area is 129 Å². The van der Waals surface area contributed by atoms with E-state index in [2.05, 4.69) is 77.3 Å². The summed E-state index contributed by atoms with van der Waals surface area (Å²) in [5, 5.41) is 0. The Bertz CT molecular complexity index is 593. The molecule has 0 fully saturated rings. The molecule has 0 unspecified atom stereocenters. The van der Waals surface area contributed by atoms with Crippen LogP contribution in [0.15, 0.2) is 46.9 Å². The molecule has 3 heteroatoms. The minimum absolute atomic E-state index is 0.0574. The van der Waals surface area contributed by atoms with Gasteiger partial charge in [-0.2, -0.15) is 0 Å². The molecular formula is C17H21BrN2. The van der Waals surface area contributed by atoms with Crippen LogP contribution in [-0.4, -0.2) is 7.05 Å². The zero-order chi connectivity index (χ0) is 14.7. The maximum absolute atomic E-state index is 5.92. The predicted molar refractivity (Wildman–Crippen MR) is 90.0 cm³/mol. The fourth-order valence-electron chi connectivity index (χ4n) is 2.24. The summed E-state index contributed by atoms with van der Waals surface area (Å²) in [6.45, 7) is 5.04. The van der Waals surface area contributed by atoms with Crippen molar-refractivity contribution in [2.24, 2.45) is 5.73 Å². The van der Waals surface area contributed by atoms with Crippen molar-refractivity contribution in [3.05, 3.63) is 63.6 Å². The molecule has 106 valence electrons. The largest absolute Gasteiger partial charge is 0.369 e. The highest BCUT2D eigenvalue weighted by Crippen LogP contribution is 2.29. The normalized spacial score (nSPS) is 12.2. The smallest absolute Gasteiger partial charge is 0.0511 e. The number of benzene rings is 2. The van der Waals surface area contributed by atoms with E-state index >= 15 is 0 Å². The average molecular weight is 333 g/mol. The van der Waals surface area contributed by atoms with Gasteiger partial charge in [0.15, 0.2) is 0 Å². The first-order chi connectivity index (χ1) is 9.49. The van der Waals surface area contributed by atoms with E-state index < -0.39 is 0 Å². The van der Waals surface area contributed by atoms with E-state index in [4.69, 9.17) is 5.73 Å². The molecule has 0 aromatic heterocycles. The summed E-state index contributed by atoms with van der Waals surface area (Å²) in [6.07, 6.45) is 0. The average Bonchev–Trinajstić information content (AvgIpc) is 2.41. The lowest BCUT2D eigenvalue weighted by molar-refractivity contribution is 0.815. The monoisotopic (exact) mass is 332 g/mol. The highest BCUT2D eigenvalue weighted by Gasteiger charge is 2.09. The second-order valence-corrected chi connectivity index (χ2v) is 6.14. The van der Waals surface area contributed by atoms with Crippen molar-refractivity contribution in [3.8, 4) is 0 Å². The van der Waals surface area contributed by atoms with Gasteiger partial charge in [-0.25, -0.2) is 0 Å². The van der Waals surface area contributed by atoms with Gasteiger partial charge in [-0.1, -0.05) is 30.3 Å². The van der Waals surface area contributed by atoms with E-state index in [1.807, 2.05) is 6.92 Å². The van der Waals surface area contributed by atoms with Gasteiger partial charge in [0.2, 0.25) is 0 Å². The van der Waals surface area contributed by atoms with Crippen LogP contribution in [0.3, 0.4) is 0 Å². The van der Waals surface area contributed by atoms with Crippen LogP contribution in [-0.2, 0) is 6.54 Å². The lowest BCUT2D eigenvalue weighted by Crippen LogP contribution is -2.18. The molecule has 0 saturated carbocycles. The van der Waals surface area contributed by atoms with Gasteiger partial charge in [-0.3, -0.25) is 0 Å². The quantitative estimate of drug-likeness (QED) is 0.898. The SMILES string of the molecule is Cc1ccccc1CN(C)c1ccc([C@@H](C)N)cc1Br. The van der Waals surface area contributed by atoms with Crippen LogP contribution in [0.25, 0.3) is 0 Å². The number of hydrogen-bond donors (Lipinski definition) is 1. The number of halogens is 1. The van der Waals surface area contributed by atoms with Crippen molar-refractivity contribution >= 4 is 21.6 Å². The number of hydrogen-bond acceptors (Lipinski definition) is 2. The zero-order valence-electron chi connectivity index (χ0n) is 12.2. The highest BCUT2D eigenvalue weighted by atomic mass is 79.9. The topological polar surface area (TPSA) is 29.3 Å². The Morgan fingerprint density at radius 3 is 2.50 bits per heavy atom. The summed E-state index contributed by atoms with van der Waals surface area (Å²) in [4.78, 5) is 2.25. The first-order valence-electron chi connectivity index (χ1n) is 6.79. The van der Waals surface area contributed by atoms with Crippen LogP contribution in [0, 0.1) is 6.92 Å². The first kappa shape index (κ1) is 15.1. The molecule has 0 heterocycles. The number of nitrogens with two attached hydrogens (primary N) is 1. The van der Waals surface area contributed by atoms with E-state index in [9.17, 15) is 0 Å². The lowest BCUT2D eigenvalue weighted by Gasteiger charge is -2.22. The number of anilines is 1. The van der Waals surface area contributed by atoms with Gasteiger partial charge in [-0.05, 0) is 58.6 Å². The van der Waals surface area contributed by atoms with Gasteiger partial charge < -0.3 is 10.6 Å². The van der Waals surface area contributed by atoms with Crippen LogP contribution < -0.4 is 10.6 Å². The molecule has 2 nitrogen and oxygen atoms in total. The van der Waals surface area contributed by atoms with Gasteiger partial charge in [0.05, 0.1) is 5.69 Å². The van der Waals surface area contributed by atoms with Crippen LogP contribution in [0.4, 0.5) is 5.69 Å². The predicted octanol–water partition coefficient (Wildman–Crippen LogP) is 4.41. The number of rotatable bonds is 4. The minimum Gasteiger partial charge on any atom is -0.369 e. The van der Waals surface area contributed by atoms with Crippen molar-refractivity contribution in [1.29, 1.82) is 0 Å². The molecule has 0 spiro atoms. The van der Waals surface area contributed by atoms with Gasteiger partial charge in [0.1, 0.15) is 0 Å². The summed E-state index contributed by atoms with van der Waals surface area (Å²) in [5.74, 6) is 0. The molecule has 2 aromatic rings. The standard InChI is InChI=1S/C17H21BrN2/c1-12-6-4-5-7-15(12)11-20(3)17-9-8-14(13(2)19)10-16(17)18/h4-10,13H,11,19H2,1-3H3/t13-/m1/s1. The van der Waals surface area contributed by atoms with E-state index in [1.165, 1.54) is 16.8 Å². The maximum atomic E-state index is 5.92. The fraction of sp³-hybridized carbons (Fsp3) is 0.294. The van der Waals surface area contributed by atoms with E-state index in [1.54, 1.807) is 0 Å². The molecule has 2 N–H and O–H groups in total. The second-order valence-electron chi connectivity index (χ2n) is 5.28. The Kier molecular flexibility index (Phi) is 4.84. The van der Waals surface area contributed by atoms with Gasteiger partial charge in [-0.15, -0.1) is 0 Å². The molecule has 20 heavy (non-hydrogen) atoms. The summed E-state index contributed by atoms with van der Waals surface area (Å²) < 4.78 is 1.09. The van der Waals surface area contributed by atoms with Crippen molar-refractivity contribution in [1.82, 2.24) is 0 Å². The van der Waals surface area contributed by atoms with Crippen LogP contribution in [0.5, 0.6) is 0 Å². The summed E-state index contributed by atoms with van der Waals surface area (Å²) >= 11 is 3.65. The third-order valence-corrected chi connectivity index (χ3v) is 4.21. The molecular weight excluding hydrogens is 312 g/mol. The summed E-state index contributed by atoms with van der Waals surface area (Å²) in [5.41, 5.74) is 10.9. The van der Waals surface area contributed by atoms with Crippen LogP contribution in [0.2, 0.25) is 0 Å². The third-order valence-electron chi connectivity index (χ3n) is 3.58. The molecule has 0 bridgehead atoms. The molecule has 1 atom stereocenters. The Morgan fingerprint density at radius 1 is 1.20 bits per heavy atom. The third kappa shape index (κ3) is 3.41. The molecule has 0 aliphatic heterocycles. The summed E-state index contributed by atoms with van der Waals surface area (Å²) in [6, 6.07) is 14.9. The highest BCUT2D eigenvalue weighted by molar-refractivity contribution is 9.10. The Hall–Kier alpha value is -1.32. The van der Waals surface area contributed by atoms with Gasteiger partial charge in [0, 0.05) is 24.1 Å². The molecule has 0 aliphatic rings. The fourth-order valence-corrected chi connectivity index (χ4v) is 2.94. The Morgan fingerprint density at radius 2 is 1.90 bits per heavy atom. The molecule has 0 radical (unpaired) electrons.